The fourth-order valence-electron chi connectivity index (χ4n) is 2.29. The molecule has 0 aliphatic carbocycles. The van der Waals surface area contributed by atoms with Crippen LogP contribution in [0.15, 0.2) is 48.9 Å². The van der Waals surface area contributed by atoms with E-state index in [2.05, 4.69) is 15.3 Å². The van der Waals surface area contributed by atoms with Gasteiger partial charge in [0.05, 0.1) is 10.0 Å². The van der Waals surface area contributed by atoms with Gasteiger partial charge in [0.25, 0.3) is 5.91 Å². The molecule has 0 unspecified atom stereocenters. The van der Waals surface area contributed by atoms with Crippen LogP contribution in [-0.2, 0) is 11.3 Å². The van der Waals surface area contributed by atoms with Crippen LogP contribution in [0.5, 0.6) is 5.75 Å². The topological polar surface area (TPSA) is 69.0 Å². The van der Waals surface area contributed by atoms with Gasteiger partial charge in [0.1, 0.15) is 17.4 Å². The number of amides is 1. The summed E-state index contributed by atoms with van der Waals surface area (Å²) in [5.41, 5.74) is 0.922. The maximum atomic E-state index is 12.0. The minimum atomic E-state index is -0.242. The number of benzene rings is 1. The molecule has 8 heteroatoms. The minimum absolute atomic E-state index is 0.115. The normalized spacial score (nSPS) is 10.6. The van der Waals surface area contributed by atoms with Crippen molar-refractivity contribution in [3.05, 3.63) is 70.4 Å². The number of aryl methyl sites for hydroxylation is 1. The van der Waals surface area contributed by atoms with Crippen LogP contribution in [0.2, 0.25) is 10.0 Å². The molecule has 3 rings (SSSR count). The van der Waals surface area contributed by atoms with Gasteiger partial charge in [0.2, 0.25) is 0 Å². The Morgan fingerprint density at radius 3 is 2.73 bits per heavy atom. The van der Waals surface area contributed by atoms with Crippen LogP contribution in [0, 0.1) is 6.92 Å². The molecular formula is C18H16Cl2N4O2. The van der Waals surface area contributed by atoms with E-state index < -0.39 is 0 Å². The molecule has 0 bridgehead atoms. The molecule has 1 N–H and O–H groups in total. The Morgan fingerprint density at radius 1 is 1.15 bits per heavy atom. The van der Waals surface area contributed by atoms with E-state index in [0.717, 1.165) is 17.2 Å². The van der Waals surface area contributed by atoms with Gasteiger partial charge in [-0.05, 0) is 36.8 Å². The summed E-state index contributed by atoms with van der Waals surface area (Å²) in [7, 11) is 0. The van der Waals surface area contributed by atoms with Gasteiger partial charge in [-0.1, -0.05) is 23.2 Å². The van der Waals surface area contributed by atoms with Crippen LogP contribution >= 0.6 is 23.2 Å². The Balaban J connectivity index is 1.54. The minimum Gasteiger partial charge on any atom is -0.484 e. The second-order valence-corrected chi connectivity index (χ2v) is 6.32. The molecule has 1 amide bonds. The summed E-state index contributed by atoms with van der Waals surface area (Å²) in [6, 6.07) is 8.59. The van der Waals surface area contributed by atoms with Gasteiger partial charge in [-0.15, -0.1) is 0 Å². The number of aromatic nitrogens is 3. The third-order valence-electron chi connectivity index (χ3n) is 3.63. The zero-order valence-corrected chi connectivity index (χ0v) is 15.5. The molecule has 2 heterocycles. The lowest BCUT2D eigenvalue weighted by Crippen LogP contribution is -2.28. The number of rotatable bonds is 6. The van der Waals surface area contributed by atoms with Crippen molar-refractivity contribution in [2.45, 2.75) is 13.5 Å². The quantitative estimate of drug-likeness (QED) is 0.698. The fourth-order valence-corrected chi connectivity index (χ4v) is 2.58. The summed E-state index contributed by atoms with van der Waals surface area (Å²) in [6.45, 7) is 2.15. The third-order valence-corrected chi connectivity index (χ3v) is 4.37. The van der Waals surface area contributed by atoms with E-state index in [-0.39, 0.29) is 12.5 Å². The molecule has 0 spiro atoms. The van der Waals surface area contributed by atoms with Gasteiger partial charge in [-0.3, -0.25) is 9.36 Å². The van der Waals surface area contributed by atoms with E-state index in [9.17, 15) is 4.79 Å². The number of hydrogen-bond donors (Lipinski definition) is 1. The highest BCUT2D eigenvalue weighted by Crippen LogP contribution is 2.26. The van der Waals surface area contributed by atoms with Crippen LogP contribution in [0.1, 0.15) is 11.4 Å². The molecule has 1 aromatic carbocycles. The maximum Gasteiger partial charge on any atom is 0.258 e. The number of ether oxygens (including phenoxy) is 1. The molecule has 2 aromatic heterocycles. The zero-order valence-electron chi connectivity index (χ0n) is 13.9. The molecule has 0 aliphatic rings. The van der Waals surface area contributed by atoms with E-state index in [1.54, 1.807) is 30.6 Å². The van der Waals surface area contributed by atoms with Crippen LogP contribution in [-0.4, -0.2) is 27.0 Å². The number of pyridine rings is 1. The number of halogens is 2. The first-order chi connectivity index (χ1) is 12.5. The lowest BCUT2D eigenvalue weighted by Gasteiger charge is -2.09. The number of carbonyl (C=O) groups excluding carboxylic acids is 1. The van der Waals surface area contributed by atoms with Crippen LogP contribution in [0.25, 0.3) is 5.82 Å². The molecule has 0 aliphatic heterocycles. The predicted molar refractivity (Wildman–Crippen MR) is 99.9 cm³/mol. The summed E-state index contributed by atoms with van der Waals surface area (Å²) < 4.78 is 7.28. The Labute approximate surface area is 160 Å². The standard InChI is InChI=1S/C18H16Cl2N4O2/c1-12-21-6-7-24(12)17-8-13(4-5-22-17)10-23-18(25)11-26-14-2-3-15(19)16(20)9-14/h2-9H,10-11H2,1H3,(H,23,25). The molecule has 0 saturated carbocycles. The molecule has 0 radical (unpaired) electrons. The summed E-state index contributed by atoms with van der Waals surface area (Å²) in [6.07, 6.45) is 5.25. The fraction of sp³-hybridized carbons (Fsp3) is 0.167. The highest BCUT2D eigenvalue weighted by Gasteiger charge is 2.07. The first kappa shape index (κ1) is 18.2. The number of nitrogens with zero attached hydrogens (tertiary/aromatic N) is 3. The molecule has 26 heavy (non-hydrogen) atoms. The van der Waals surface area contributed by atoms with Crippen LogP contribution < -0.4 is 10.1 Å². The van der Waals surface area contributed by atoms with Gasteiger partial charge in [0.15, 0.2) is 6.61 Å². The average Bonchev–Trinajstić information content (AvgIpc) is 3.07. The Morgan fingerprint density at radius 2 is 2.00 bits per heavy atom. The number of carbonyl (C=O) groups is 1. The lowest BCUT2D eigenvalue weighted by molar-refractivity contribution is -0.123. The summed E-state index contributed by atoms with van der Waals surface area (Å²) in [4.78, 5) is 20.5. The second kappa shape index (κ2) is 8.21. The Hall–Kier alpha value is -2.57. The highest BCUT2D eigenvalue weighted by molar-refractivity contribution is 6.42. The summed E-state index contributed by atoms with van der Waals surface area (Å²) in [5.74, 6) is 1.83. The highest BCUT2D eigenvalue weighted by atomic mass is 35.5. The predicted octanol–water partition coefficient (Wildman–Crippen LogP) is 3.58. The van der Waals surface area contributed by atoms with Crippen molar-refractivity contribution in [1.29, 1.82) is 0 Å². The second-order valence-electron chi connectivity index (χ2n) is 5.51. The molecule has 0 fully saturated rings. The zero-order chi connectivity index (χ0) is 18.5. The van der Waals surface area contributed by atoms with E-state index in [4.69, 9.17) is 27.9 Å². The number of imidazole rings is 1. The van der Waals surface area contributed by atoms with Crippen molar-refractivity contribution < 1.29 is 9.53 Å². The van der Waals surface area contributed by atoms with Crippen molar-refractivity contribution >= 4 is 29.1 Å². The van der Waals surface area contributed by atoms with Crippen LogP contribution in [0.4, 0.5) is 0 Å². The summed E-state index contributed by atoms with van der Waals surface area (Å²) >= 11 is 11.8. The van der Waals surface area contributed by atoms with Gasteiger partial charge in [0, 0.05) is 31.2 Å². The molecule has 3 aromatic rings. The smallest absolute Gasteiger partial charge is 0.258 e. The van der Waals surface area contributed by atoms with Crippen molar-refractivity contribution in [2.75, 3.05) is 6.61 Å². The average molecular weight is 391 g/mol. The van der Waals surface area contributed by atoms with Gasteiger partial charge in [-0.25, -0.2) is 9.97 Å². The Kier molecular flexibility index (Phi) is 5.75. The SMILES string of the molecule is Cc1nccn1-c1cc(CNC(=O)COc2ccc(Cl)c(Cl)c2)ccn1. The maximum absolute atomic E-state index is 12.0. The van der Waals surface area contributed by atoms with Crippen molar-refractivity contribution in [2.24, 2.45) is 0 Å². The van der Waals surface area contributed by atoms with E-state index in [1.807, 2.05) is 29.8 Å². The van der Waals surface area contributed by atoms with E-state index in [0.29, 0.717) is 22.3 Å². The molecule has 0 atom stereocenters. The largest absolute Gasteiger partial charge is 0.484 e. The first-order valence-electron chi connectivity index (χ1n) is 7.83. The first-order valence-corrected chi connectivity index (χ1v) is 8.58. The summed E-state index contributed by atoms with van der Waals surface area (Å²) in [5, 5.41) is 3.62. The Bertz CT molecular complexity index is 927. The van der Waals surface area contributed by atoms with Gasteiger partial charge < -0.3 is 10.1 Å². The number of hydrogen-bond acceptors (Lipinski definition) is 4. The van der Waals surface area contributed by atoms with Crippen molar-refractivity contribution in [1.82, 2.24) is 19.9 Å². The molecular weight excluding hydrogens is 375 g/mol. The van der Waals surface area contributed by atoms with Gasteiger partial charge >= 0.3 is 0 Å². The molecule has 134 valence electrons. The van der Waals surface area contributed by atoms with E-state index in [1.165, 1.54) is 0 Å². The molecule has 0 saturated heterocycles. The monoisotopic (exact) mass is 390 g/mol. The number of nitrogens with one attached hydrogen (secondary N) is 1. The lowest BCUT2D eigenvalue weighted by atomic mass is 10.2. The van der Waals surface area contributed by atoms with E-state index >= 15 is 0 Å². The third kappa shape index (κ3) is 4.53. The van der Waals surface area contributed by atoms with Gasteiger partial charge in [-0.2, -0.15) is 0 Å². The van der Waals surface area contributed by atoms with Crippen molar-refractivity contribution in [3.8, 4) is 11.6 Å². The van der Waals surface area contributed by atoms with Crippen LogP contribution in [0.3, 0.4) is 0 Å². The molecule has 6 nitrogen and oxygen atoms in total. The van der Waals surface area contributed by atoms with Crippen molar-refractivity contribution in [3.63, 3.8) is 0 Å².